The maximum Gasteiger partial charge on any atom is 0.315 e. The van der Waals surface area contributed by atoms with Gasteiger partial charge in [0.25, 0.3) is 0 Å². The third kappa shape index (κ3) is 4.00. The Hall–Kier alpha value is -1.62. The SMILES string of the molecule is O=C(NCc1cccc(F)c1)NCC1CCCN1. The quantitative estimate of drug-likeness (QED) is 0.757. The Bertz CT molecular complexity index is 405. The van der Waals surface area contributed by atoms with Crippen LogP contribution in [0.2, 0.25) is 0 Å². The second-order valence-electron chi connectivity index (χ2n) is 4.49. The lowest BCUT2D eigenvalue weighted by atomic mass is 10.2. The lowest BCUT2D eigenvalue weighted by Gasteiger charge is -2.12. The zero-order valence-corrected chi connectivity index (χ0v) is 10.2. The summed E-state index contributed by atoms with van der Waals surface area (Å²) in [4.78, 5) is 11.5. The molecule has 0 saturated carbocycles. The monoisotopic (exact) mass is 251 g/mol. The van der Waals surface area contributed by atoms with Gasteiger partial charge >= 0.3 is 6.03 Å². The summed E-state index contributed by atoms with van der Waals surface area (Å²) in [6.07, 6.45) is 2.27. The fraction of sp³-hybridized carbons (Fsp3) is 0.462. The van der Waals surface area contributed by atoms with E-state index in [-0.39, 0.29) is 11.8 Å². The van der Waals surface area contributed by atoms with E-state index in [2.05, 4.69) is 16.0 Å². The van der Waals surface area contributed by atoms with Gasteiger partial charge in [-0.1, -0.05) is 12.1 Å². The third-order valence-electron chi connectivity index (χ3n) is 3.01. The summed E-state index contributed by atoms with van der Waals surface area (Å²) in [6, 6.07) is 6.38. The molecule has 1 aromatic carbocycles. The Labute approximate surface area is 106 Å². The molecule has 4 nitrogen and oxygen atoms in total. The zero-order valence-electron chi connectivity index (χ0n) is 10.2. The fourth-order valence-corrected chi connectivity index (χ4v) is 2.04. The van der Waals surface area contributed by atoms with Crippen molar-refractivity contribution < 1.29 is 9.18 Å². The van der Waals surface area contributed by atoms with Crippen molar-refractivity contribution in [2.75, 3.05) is 13.1 Å². The number of hydrogen-bond donors (Lipinski definition) is 3. The molecule has 0 aromatic heterocycles. The Morgan fingerprint density at radius 1 is 1.44 bits per heavy atom. The van der Waals surface area contributed by atoms with Crippen LogP contribution in [0.1, 0.15) is 18.4 Å². The van der Waals surface area contributed by atoms with Gasteiger partial charge < -0.3 is 16.0 Å². The molecule has 0 radical (unpaired) electrons. The molecule has 0 bridgehead atoms. The maximum absolute atomic E-state index is 12.9. The van der Waals surface area contributed by atoms with Gasteiger partial charge in [-0.2, -0.15) is 0 Å². The first-order valence-electron chi connectivity index (χ1n) is 6.23. The summed E-state index contributed by atoms with van der Waals surface area (Å²) in [5.41, 5.74) is 0.754. The Balaban J connectivity index is 1.68. The van der Waals surface area contributed by atoms with Crippen LogP contribution in [0, 0.1) is 5.82 Å². The van der Waals surface area contributed by atoms with Gasteiger partial charge in [-0.3, -0.25) is 0 Å². The first-order chi connectivity index (χ1) is 8.74. The van der Waals surface area contributed by atoms with E-state index in [0.29, 0.717) is 19.1 Å². The van der Waals surface area contributed by atoms with E-state index in [0.717, 1.165) is 24.9 Å². The fourth-order valence-electron chi connectivity index (χ4n) is 2.04. The second kappa shape index (κ2) is 6.35. The van der Waals surface area contributed by atoms with Crippen LogP contribution in [0.15, 0.2) is 24.3 Å². The molecular weight excluding hydrogens is 233 g/mol. The minimum atomic E-state index is -0.287. The van der Waals surface area contributed by atoms with E-state index < -0.39 is 0 Å². The van der Waals surface area contributed by atoms with E-state index in [4.69, 9.17) is 0 Å². The number of rotatable bonds is 4. The molecule has 1 aliphatic heterocycles. The number of nitrogens with one attached hydrogen (secondary N) is 3. The van der Waals surface area contributed by atoms with Gasteiger partial charge in [-0.25, -0.2) is 9.18 Å². The number of hydrogen-bond acceptors (Lipinski definition) is 2. The molecule has 2 amide bonds. The smallest absolute Gasteiger partial charge is 0.315 e. The number of amides is 2. The second-order valence-corrected chi connectivity index (χ2v) is 4.49. The summed E-state index contributed by atoms with van der Waals surface area (Å²) >= 11 is 0. The highest BCUT2D eigenvalue weighted by Crippen LogP contribution is 2.04. The first kappa shape index (κ1) is 12.8. The molecule has 3 N–H and O–H groups in total. The highest BCUT2D eigenvalue weighted by atomic mass is 19.1. The predicted octanol–water partition coefficient (Wildman–Crippen LogP) is 1.38. The van der Waals surface area contributed by atoms with Crippen LogP contribution in [0.3, 0.4) is 0 Å². The number of carbonyl (C=O) groups excluding carboxylic acids is 1. The summed E-state index contributed by atoms with van der Waals surface area (Å²) < 4.78 is 12.9. The minimum absolute atomic E-state index is 0.215. The minimum Gasteiger partial charge on any atom is -0.337 e. The van der Waals surface area contributed by atoms with Crippen molar-refractivity contribution >= 4 is 6.03 Å². The number of benzene rings is 1. The van der Waals surface area contributed by atoms with E-state index in [9.17, 15) is 9.18 Å². The van der Waals surface area contributed by atoms with E-state index in [1.807, 2.05) is 0 Å². The van der Waals surface area contributed by atoms with Gasteiger partial charge in [-0.05, 0) is 37.1 Å². The molecular formula is C13H18FN3O. The highest BCUT2D eigenvalue weighted by molar-refractivity contribution is 5.73. The average molecular weight is 251 g/mol. The standard InChI is InChI=1S/C13H18FN3O/c14-11-4-1-3-10(7-11)8-16-13(18)17-9-12-5-2-6-15-12/h1,3-4,7,12,15H,2,5-6,8-9H2,(H2,16,17,18). The third-order valence-corrected chi connectivity index (χ3v) is 3.01. The predicted molar refractivity (Wildman–Crippen MR) is 67.7 cm³/mol. The van der Waals surface area contributed by atoms with E-state index >= 15 is 0 Å². The molecule has 5 heteroatoms. The van der Waals surface area contributed by atoms with E-state index in [1.165, 1.54) is 12.1 Å². The lowest BCUT2D eigenvalue weighted by Crippen LogP contribution is -2.42. The Morgan fingerprint density at radius 3 is 3.06 bits per heavy atom. The van der Waals surface area contributed by atoms with Crippen LogP contribution in [0.4, 0.5) is 9.18 Å². The molecule has 1 aromatic rings. The average Bonchev–Trinajstić information content (AvgIpc) is 2.87. The molecule has 1 saturated heterocycles. The van der Waals surface area contributed by atoms with Crippen LogP contribution in [-0.2, 0) is 6.54 Å². The summed E-state index contributed by atoms with van der Waals surface area (Å²) in [7, 11) is 0. The maximum atomic E-state index is 12.9. The molecule has 1 aliphatic rings. The van der Waals surface area contributed by atoms with Gasteiger partial charge in [-0.15, -0.1) is 0 Å². The van der Waals surface area contributed by atoms with Crippen molar-refractivity contribution in [1.29, 1.82) is 0 Å². The van der Waals surface area contributed by atoms with Gasteiger partial charge in [0, 0.05) is 19.1 Å². The molecule has 2 rings (SSSR count). The lowest BCUT2D eigenvalue weighted by molar-refractivity contribution is 0.239. The van der Waals surface area contributed by atoms with E-state index in [1.54, 1.807) is 12.1 Å². The molecule has 1 atom stereocenters. The van der Waals surface area contributed by atoms with Gasteiger partial charge in [0.15, 0.2) is 0 Å². The number of halogens is 1. The van der Waals surface area contributed by atoms with Crippen LogP contribution < -0.4 is 16.0 Å². The molecule has 98 valence electrons. The molecule has 1 heterocycles. The Kier molecular flexibility index (Phi) is 4.52. The van der Waals surface area contributed by atoms with Crippen molar-refractivity contribution in [1.82, 2.24) is 16.0 Å². The van der Waals surface area contributed by atoms with Crippen molar-refractivity contribution in [3.8, 4) is 0 Å². The van der Waals surface area contributed by atoms with Crippen LogP contribution in [0.25, 0.3) is 0 Å². The topological polar surface area (TPSA) is 53.2 Å². The largest absolute Gasteiger partial charge is 0.337 e. The summed E-state index contributed by atoms with van der Waals surface area (Å²) in [6.45, 7) is 1.99. The van der Waals surface area contributed by atoms with Crippen LogP contribution in [-0.4, -0.2) is 25.2 Å². The molecule has 1 fully saturated rings. The zero-order chi connectivity index (χ0) is 12.8. The van der Waals surface area contributed by atoms with Crippen molar-refractivity contribution in [3.63, 3.8) is 0 Å². The van der Waals surface area contributed by atoms with Crippen LogP contribution >= 0.6 is 0 Å². The highest BCUT2D eigenvalue weighted by Gasteiger charge is 2.14. The van der Waals surface area contributed by atoms with Crippen molar-refractivity contribution in [2.24, 2.45) is 0 Å². The van der Waals surface area contributed by atoms with Gasteiger partial charge in [0.05, 0.1) is 0 Å². The number of urea groups is 1. The first-order valence-corrected chi connectivity index (χ1v) is 6.23. The number of carbonyl (C=O) groups is 1. The van der Waals surface area contributed by atoms with Crippen LogP contribution in [0.5, 0.6) is 0 Å². The van der Waals surface area contributed by atoms with Crippen molar-refractivity contribution in [3.05, 3.63) is 35.6 Å². The van der Waals surface area contributed by atoms with Crippen molar-refractivity contribution in [2.45, 2.75) is 25.4 Å². The molecule has 1 unspecified atom stereocenters. The summed E-state index contributed by atoms with van der Waals surface area (Å²) in [5, 5.41) is 8.81. The molecule has 0 aliphatic carbocycles. The Morgan fingerprint density at radius 2 is 2.33 bits per heavy atom. The summed E-state index contributed by atoms with van der Waals surface area (Å²) in [5.74, 6) is -0.287. The molecule has 0 spiro atoms. The van der Waals surface area contributed by atoms with Gasteiger partial charge in [0.1, 0.15) is 5.82 Å². The molecule has 18 heavy (non-hydrogen) atoms. The van der Waals surface area contributed by atoms with Gasteiger partial charge in [0.2, 0.25) is 0 Å². The normalized spacial score (nSPS) is 18.6.